The van der Waals surface area contributed by atoms with E-state index in [-0.39, 0.29) is 10.7 Å². The van der Waals surface area contributed by atoms with Crippen molar-refractivity contribution in [2.75, 3.05) is 30.9 Å². The van der Waals surface area contributed by atoms with E-state index in [4.69, 9.17) is 9.81 Å². The lowest BCUT2D eigenvalue weighted by Crippen LogP contribution is -2.20. The Labute approximate surface area is 135 Å². The van der Waals surface area contributed by atoms with Crippen molar-refractivity contribution >= 4 is 31.7 Å². The van der Waals surface area contributed by atoms with Crippen molar-refractivity contribution in [3.63, 3.8) is 0 Å². The fourth-order valence-electron chi connectivity index (χ4n) is 1.82. The van der Waals surface area contributed by atoms with Gasteiger partial charge in [0.25, 0.3) is 10.1 Å². The Morgan fingerprint density at radius 2 is 2.09 bits per heavy atom. The van der Waals surface area contributed by atoms with Crippen LogP contribution in [0.15, 0.2) is 22.1 Å². The summed E-state index contributed by atoms with van der Waals surface area (Å²) in [6.07, 6.45) is 4.82. The Balaban J connectivity index is 2.65. The summed E-state index contributed by atoms with van der Waals surface area (Å²) in [6.45, 7) is 1.39. The van der Waals surface area contributed by atoms with Gasteiger partial charge in [0.1, 0.15) is 11.0 Å². The van der Waals surface area contributed by atoms with Crippen molar-refractivity contribution in [1.29, 1.82) is 5.26 Å². The third-order valence-corrected chi connectivity index (χ3v) is 5.80. The maximum Gasteiger partial charge on any atom is 0.264 e. The third-order valence-electron chi connectivity index (χ3n) is 2.89. The minimum absolute atomic E-state index is 0.264. The van der Waals surface area contributed by atoms with Crippen molar-refractivity contribution in [2.24, 2.45) is 0 Å². The lowest BCUT2D eigenvalue weighted by atomic mass is 10.3. The number of nitriles is 1. The van der Waals surface area contributed by atoms with Gasteiger partial charge >= 0.3 is 0 Å². The molecule has 0 spiro atoms. The highest BCUT2D eigenvalue weighted by Gasteiger charge is 2.17. The van der Waals surface area contributed by atoms with Gasteiger partial charge in [0.15, 0.2) is 9.84 Å². The normalized spacial score (nSPS) is 18.7. The second-order valence-corrected chi connectivity index (χ2v) is 9.42. The van der Waals surface area contributed by atoms with Gasteiger partial charge in [-0.1, -0.05) is 0 Å². The average molecular weight is 366 g/mol. The predicted molar refractivity (Wildman–Crippen MR) is 86.3 cm³/mol. The first-order chi connectivity index (χ1) is 10.1. The Morgan fingerprint density at radius 1 is 1.41 bits per heavy atom. The summed E-state index contributed by atoms with van der Waals surface area (Å²) in [5, 5.41) is 9.67. The van der Waals surface area contributed by atoms with Crippen LogP contribution in [0.1, 0.15) is 12.8 Å². The zero-order chi connectivity index (χ0) is 16.8. The van der Waals surface area contributed by atoms with Gasteiger partial charge in [0.05, 0.1) is 10.8 Å². The molecule has 0 saturated carbocycles. The topological polar surface area (TPSA) is 116 Å². The molecule has 0 aromatic rings. The summed E-state index contributed by atoms with van der Waals surface area (Å²) in [4.78, 5) is 1.71. The van der Waals surface area contributed by atoms with Crippen molar-refractivity contribution in [2.45, 2.75) is 12.8 Å². The van der Waals surface area contributed by atoms with Crippen LogP contribution in [0.5, 0.6) is 0 Å². The highest BCUT2D eigenvalue weighted by molar-refractivity contribution is 8.03. The molecule has 1 rings (SSSR count). The van der Waals surface area contributed by atoms with E-state index < -0.39 is 20.0 Å². The maximum absolute atomic E-state index is 11.3. The summed E-state index contributed by atoms with van der Waals surface area (Å²) in [5.74, 6) is 0.582. The minimum atomic E-state index is -3.93. The molecule has 1 aliphatic rings. The molecule has 1 saturated heterocycles. The number of nitrogens with zero attached hydrogens (tertiary/aromatic N) is 2. The van der Waals surface area contributed by atoms with Gasteiger partial charge in [0.2, 0.25) is 0 Å². The first-order valence-corrected chi connectivity index (χ1v) is 11.0. The van der Waals surface area contributed by atoms with Crippen LogP contribution >= 0.6 is 11.8 Å². The van der Waals surface area contributed by atoms with Gasteiger partial charge in [-0.25, -0.2) is 8.42 Å². The lowest BCUT2D eigenvalue weighted by molar-refractivity contribution is 0.390. The highest BCUT2D eigenvalue weighted by Crippen LogP contribution is 2.28. The van der Waals surface area contributed by atoms with E-state index >= 15 is 0 Å². The molecule has 0 amide bonds. The van der Waals surface area contributed by atoms with Crippen molar-refractivity contribution < 1.29 is 21.4 Å². The van der Waals surface area contributed by atoms with Crippen LogP contribution < -0.4 is 0 Å². The average Bonchev–Trinajstić information content (AvgIpc) is 2.80. The van der Waals surface area contributed by atoms with E-state index in [0.717, 1.165) is 23.6 Å². The van der Waals surface area contributed by atoms with Gasteiger partial charge in [-0.3, -0.25) is 4.55 Å². The number of hydrogen-bond acceptors (Lipinski definition) is 7. The number of thioether (sulfide) groups is 1. The summed E-state index contributed by atoms with van der Waals surface area (Å²) in [5.41, 5.74) is 0. The first-order valence-electron chi connectivity index (χ1n) is 6.48. The lowest BCUT2D eigenvalue weighted by Gasteiger charge is -2.18. The second kappa shape index (κ2) is 8.01. The van der Waals surface area contributed by atoms with Gasteiger partial charge in [-0.15, -0.1) is 11.8 Å². The maximum atomic E-state index is 11.3. The molecule has 1 heterocycles. The molecule has 0 aromatic carbocycles. The van der Waals surface area contributed by atoms with Gasteiger partial charge in [-0.05, 0) is 25.0 Å². The SMILES string of the molecule is CS(=O)(=O)/C(C#N)=C\C=C1\SCCN1CCCCS(=O)(=O)O. The van der Waals surface area contributed by atoms with E-state index in [1.54, 1.807) is 23.9 Å². The van der Waals surface area contributed by atoms with Gasteiger partial charge in [0, 0.05) is 25.1 Å². The number of rotatable bonds is 7. The molecular weight excluding hydrogens is 348 g/mol. The van der Waals surface area contributed by atoms with Crippen molar-refractivity contribution in [3.8, 4) is 6.07 Å². The highest BCUT2D eigenvalue weighted by atomic mass is 32.2. The molecule has 1 N–H and O–H groups in total. The van der Waals surface area contributed by atoms with E-state index in [1.807, 2.05) is 4.90 Å². The largest absolute Gasteiger partial charge is 0.366 e. The molecule has 0 unspecified atom stereocenters. The van der Waals surface area contributed by atoms with Crippen LogP contribution in [0.25, 0.3) is 0 Å². The minimum Gasteiger partial charge on any atom is -0.366 e. The number of sulfone groups is 1. The molecule has 0 atom stereocenters. The smallest absolute Gasteiger partial charge is 0.264 e. The molecule has 7 nitrogen and oxygen atoms in total. The van der Waals surface area contributed by atoms with Crippen LogP contribution in [0.2, 0.25) is 0 Å². The zero-order valence-corrected chi connectivity index (χ0v) is 14.5. The molecule has 0 bridgehead atoms. The summed E-state index contributed by atoms with van der Waals surface area (Å²) < 4.78 is 52.6. The van der Waals surface area contributed by atoms with Crippen LogP contribution in [-0.2, 0) is 20.0 Å². The Kier molecular flexibility index (Phi) is 6.93. The van der Waals surface area contributed by atoms with Crippen LogP contribution in [0.4, 0.5) is 0 Å². The summed E-state index contributed by atoms with van der Waals surface area (Å²) in [6, 6.07) is 1.66. The Bertz CT molecular complexity index is 702. The van der Waals surface area contributed by atoms with E-state index in [9.17, 15) is 16.8 Å². The molecular formula is C12H18N2O5S3. The van der Waals surface area contributed by atoms with Crippen LogP contribution in [-0.4, -0.2) is 57.1 Å². The molecule has 1 fully saturated rings. The molecule has 124 valence electrons. The predicted octanol–water partition coefficient (Wildman–Crippen LogP) is 0.997. The van der Waals surface area contributed by atoms with E-state index in [2.05, 4.69) is 0 Å². The van der Waals surface area contributed by atoms with E-state index in [0.29, 0.717) is 19.4 Å². The monoisotopic (exact) mass is 366 g/mol. The van der Waals surface area contributed by atoms with E-state index in [1.165, 1.54) is 6.08 Å². The first kappa shape index (κ1) is 19.0. The van der Waals surface area contributed by atoms with Gasteiger partial charge < -0.3 is 4.90 Å². The molecule has 22 heavy (non-hydrogen) atoms. The third kappa shape index (κ3) is 6.83. The van der Waals surface area contributed by atoms with Crippen molar-refractivity contribution in [3.05, 3.63) is 22.1 Å². The Hall–Kier alpha value is -1.02. The molecule has 1 aliphatic heterocycles. The van der Waals surface area contributed by atoms with Crippen molar-refractivity contribution in [1.82, 2.24) is 4.90 Å². The second-order valence-electron chi connectivity index (χ2n) is 4.75. The fraction of sp³-hybridized carbons (Fsp3) is 0.583. The summed E-state index contributed by atoms with van der Waals surface area (Å²) >= 11 is 1.55. The standard InChI is InChI=1S/C12H18N2O5S3/c1-21(15,16)11(10-13)4-5-12-14(7-8-20-12)6-2-3-9-22(17,18)19/h4-5H,2-3,6-9H2,1H3,(H,17,18,19)/b11-4-,12-5+. The fourth-order valence-corrected chi connectivity index (χ4v) is 3.92. The zero-order valence-electron chi connectivity index (χ0n) is 12.1. The number of allylic oxidation sites excluding steroid dienone is 3. The number of hydrogen-bond donors (Lipinski definition) is 1. The summed E-state index contributed by atoms with van der Waals surface area (Å²) in [7, 11) is -7.45. The van der Waals surface area contributed by atoms with Crippen LogP contribution in [0.3, 0.4) is 0 Å². The van der Waals surface area contributed by atoms with Crippen LogP contribution in [0, 0.1) is 11.3 Å². The molecule has 0 radical (unpaired) electrons. The van der Waals surface area contributed by atoms with Gasteiger partial charge in [-0.2, -0.15) is 13.7 Å². The Morgan fingerprint density at radius 3 is 2.64 bits per heavy atom. The molecule has 10 heteroatoms. The molecule has 0 aromatic heterocycles. The quantitative estimate of drug-likeness (QED) is 0.403. The number of unbranched alkanes of at least 4 members (excludes halogenated alkanes) is 1. The molecule has 0 aliphatic carbocycles.